The normalized spacial score (nSPS) is 15.3. The van der Waals surface area contributed by atoms with Gasteiger partial charge < -0.3 is 10.1 Å². The van der Waals surface area contributed by atoms with E-state index in [-0.39, 0.29) is 23.7 Å². The second-order valence-electron chi connectivity index (χ2n) is 6.42. The summed E-state index contributed by atoms with van der Waals surface area (Å²) in [4.78, 5) is 25.2. The van der Waals surface area contributed by atoms with Gasteiger partial charge in [-0.25, -0.2) is 0 Å². The highest BCUT2D eigenvalue weighted by atomic mass is 32.2. The summed E-state index contributed by atoms with van der Waals surface area (Å²) < 4.78 is 5.31. The Kier molecular flexibility index (Phi) is 6.34. The molecule has 3 rings (SSSR count). The van der Waals surface area contributed by atoms with Crippen molar-refractivity contribution < 1.29 is 14.3 Å². The van der Waals surface area contributed by atoms with Crippen LogP contribution >= 0.6 is 11.8 Å². The molecular formula is C21H23NO3S. The van der Waals surface area contributed by atoms with E-state index >= 15 is 0 Å². The average Bonchev–Trinajstić information content (AvgIpc) is 3.09. The molecule has 1 amide bonds. The number of nitrogens with one attached hydrogen (secondary N) is 1. The number of esters is 1. The van der Waals surface area contributed by atoms with Gasteiger partial charge in [-0.2, -0.15) is 0 Å². The molecule has 26 heavy (non-hydrogen) atoms. The van der Waals surface area contributed by atoms with Crippen molar-refractivity contribution in [1.29, 1.82) is 0 Å². The van der Waals surface area contributed by atoms with E-state index < -0.39 is 0 Å². The van der Waals surface area contributed by atoms with Crippen LogP contribution in [0.15, 0.2) is 53.4 Å². The molecule has 1 atom stereocenters. The fourth-order valence-electron chi connectivity index (χ4n) is 2.85. The van der Waals surface area contributed by atoms with Crippen molar-refractivity contribution in [3.8, 4) is 0 Å². The predicted molar refractivity (Wildman–Crippen MR) is 103 cm³/mol. The van der Waals surface area contributed by atoms with Crippen molar-refractivity contribution in [3.05, 3.63) is 65.2 Å². The molecule has 2 aromatic rings. The molecule has 2 aromatic carbocycles. The number of hydrogen-bond donors (Lipinski definition) is 1. The van der Waals surface area contributed by atoms with Gasteiger partial charge in [-0.1, -0.05) is 48.0 Å². The van der Waals surface area contributed by atoms with Crippen molar-refractivity contribution in [2.24, 2.45) is 0 Å². The summed E-state index contributed by atoms with van der Waals surface area (Å²) >= 11 is 1.55. The Labute approximate surface area is 158 Å². The molecule has 0 saturated heterocycles. The van der Waals surface area contributed by atoms with Gasteiger partial charge in [-0.15, -0.1) is 11.8 Å². The van der Waals surface area contributed by atoms with Gasteiger partial charge in [0.25, 0.3) is 0 Å². The Morgan fingerprint density at radius 3 is 2.69 bits per heavy atom. The lowest BCUT2D eigenvalue weighted by Gasteiger charge is -2.10. The van der Waals surface area contributed by atoms with Crippen molar-refractivity contribution in [2.75, 3.05) is 13.2 Å². The summed E-state index contributed by atoms with van der Waals surface area (Å²) in [5.74, 6) is -0.232. The molecule has 0 bridgehead atoms. The van der Waals surface area contributed by atoms with E-state index in [4.69, 9.17) is 4.74 Å². The number of rotatable bonds is 7. The molecule has 1 aliphatic heterocycles. The van der Waals surface area contributed by atoms with Crippen LogP contribution in [0.3, 0.4) is 0 Å². The minimum Gasteiger partial charge on any atom is -0.463 e. The van der Waals surface area contributed by atoms with Crippen molar-refractivity contribution in [1.82, 2.24) is 5.32 Å². The fraction of sp³-hybridized carbons (Fsp3) is 0.333. The van der Waals surface area contributed by atoms with Crippen LogP contribution in [0.5, 0.6) is 0 Å². The number of ether oxygens (including phenoxy) is 1. The van der Waals surface area contributed by atoms with E-state index in [1.54, 1.807) is 11.8 Å². The van der Waals surface area contributed by atoms with E-state index in [2.05, 4.69) is 5.32 Å². The Bertz CT molecular complexity index is 748. The molecule has 1 heterocycles. The van der Waals surface area contributed by atoms with Gasteiger partial charge in [-0.3, -0.25) is 9.59 Å². The lowest BCUT2D eigenvalue weighted by atomic mass is 10.1. The van der Waals surface area contributed by atoms with Gasteiger partial charge >= 0.3 is 5.97 Å². The third-order valence-electron chi connectivity index (χ3n) is 4.34. The van der Waals surface area contributed by atoms with Gasteiger partial charge in [0, 0.05) is 11.3 Å². The number of amides is 1. The van der Waals surface area contributed by atoms with Crippen LogP contribution < -0.4 is 5.32 Å². The largest absolute Gasteiger partial charge is 0.463 e. The average molecular weight is 369 g/mol. The highest BCUT2D eigenvalue weighted by Crippen LogP contribution is 2.37. The summed E-state index contributed by atoms with van der Waals surface area (Å²) in [6.45, 7) is 2.60. The predicted octanol–water partition coefficient (Wildman–Crippen LogP) is 3.30. The number of benzene rings is 2. The molecule has 5 heteroatoms. The molecule has 4 nitrogen and oxygen atoms in total. The van der Waals surface area contributed by atoms with Crippen LogP contribution in [0.2, 0.25) is 0 Å². The summed E-state index contributed by atoms with van der Waals surface area (Å²) in [7, 11) is 0. The molecule has 0 fully saturated rings. The van der Waals surface area contributed by atoms with Crippen LogP contribution in [0.25, 0.3) is 0 Å². The first-order valence-electron chi connectivity index (χ1n) is 8.85. The third-order valence-corrected chi connectivity index (χ3v) is 5.64. The first-order chi connectivity index (χ1) is 12.6. The minimum atomic E-state index is -0.208. The van der Waals surface area contributed by atoms with Crippen LogP contribution in [0.4, 0.5) is 0 Å². The first-order valence-corrected chi connectivity index (χ1v) is 9.73. The molecule has 1 unspecified atom stereocenters. The summed E-state index contributed by atoms with van der Waals surface area (Å²) in [6.07, 6.45) is 1.86. The highest BCUT2D eigenvalue weighted by Gasteiger charge is 2.29. The SMILES string of the molecule is Cc1ccc(CCC(=O)NCCOC(=O)C2Cc3ccccc3S2)cc1. The number of hydrogen-bond acceptors (Lipinski definition) is 4. The quantitative estimate of drug-likeness (QED) is 0.601. The maximum absolute atomic E-state index is 12.1. The van der Waals surface area contributed by atoms with E-state index in [9.17, 15) is 9.59 Å². The fourth-order valence-corrected chi connectivity index (χ4v) is 4.04. The Morgan fingerprint density at radius 2 is 1.92 bits per heavy atom. The number of thioether (sulfide) groups is 1. The summed E-state index contributed by atoms with van der Waals surface area (Å²) in [5.41, 5.74) is 3.56. The van der Waals surface area contributed by atoms with Gasteiger partial charge in [-0.05, 0) is 37.0 Å². The Morgan fingerprint density at radius 1 is 1.15 bits per heavy atom. The molecule has 0 saturated carbocycles. The highest BCUT2D eigenvalue weighted by molar-refractivity contribution is 8.01. The van der Waals surface area contributed by atoms with Crippen molar-refractivity contribution in [3.63, 3.8) is 0 Å². The van der Waals surface area contributed by atoms with E-state index in [1.165, 1.54) is 11.1 Å². The molecule has 0 spiro atoms. The molecule has 0 aliphatic carbocycles. The maximum atomic E-state index is 12.1. The van der Waals surface area contributed by atoms with Gasteiger partial charge in [0.2, 0.25) is 5.91 Å². The van der Waals surface area contributed by atoms with E-state index in [1.807, 2.05) is 55.5 Å². The van der Waals surface area contributed by atoms with Crippen molar-refractivity contribution >= 4 is 23.6 Å². The monoisotopic (exact) mass is 369 g/mol. The lowest BCUT2D eigenvalue weighted by molar-refractivity contribution is -0.143. The molecule has 0 radical (unpaired) electrons. The summed E-state index contributed by atoms with van der Waals surface area (Å²) in [6, 6.07) is 16.2. The van der Waals surface area contributed by atoms with Crippen molar-refractivity contribution in [2.45, 2.75) is 36.3 Å². The zero-order valence-corrected chi connectivity index (χ0v) is 15.7. The number of fused-ring (bicyclic) bond motifs is 1. The summed E-state index contributed by atoms with van der Waals surface area (Å²) in [5, 5.41) is 2.63. The lowest BCUT2D eigenvalue weighted by Crippen LogP contribution is -2.29. The minimum absolute atomic E-state index is 0.0238. The van der Waals surface area contributed by atoms with E-state index in [0.29, 0.717) is 25.8 Å². The zero-order chi connectivity index (χ0) is 18.4. The second kappa shape index (κ2) is 8.90. The number of carbonyl (C=O) groups is 2. The molecule has 0 aromatic heterocycles. The van der Waals surface area contributed by atoms with Gasteiger partial charge in [0.1, 0.15) is 11.9 Å². The van der Waals surface area contributed by atoms with Crippen LogP contribution in [-0.4, -0.2) is 30.3 Å². The topological polar surface area (TPSA) is 55.4 Å². The standard InChI is InChI=1S/C21H23NO3S/c1-15-6-8-16(9-7-15)10-11-20(23)22-12-13-25-21(24)19-14-17-4-2-3-5-18(17)26-19/h2-9,19H,10-14H2,1H3,(H,22,23). The maximum Gasteiger partial charge on any atom is 0.319 e. The smallest absolute Gasteiger partial charge is 0.319 e. The van der Waals surface area contributed by atoms with Gasteiger partial charge in [0.15, 0.2) is 0 Å². The van der Waals surface area contributed by atoms with Gasteiger partial charge in [0.05, 0.1) is 6.54 Å². The molecule has 1 aliphatic rings. The van der Waals surface area contributed by atoms with Crippen LogP contribution in [0.1, 0.15) is 23.1 Å². The number of carbonyl (C=O) groups excluding carboxylic acids is 2. The van der Waals surface area contributed by atoms with Crippen LogP contribution in [0, 0.1) is 6.92 Å². The Hall–Kier alpha value is -2.27. The van der Waals surface area contributed by atoms with E-state index in [0.717, 1.165) is 10.5 Å². The first kappa shape index (κ1) is 18.5. The number of aryl methyl sites for hydroxylation is 2. The molecule has 1 N–H and O–H groups in total. The molecule has 136 valence electrons. The third kappa shape index (κ3) is 5.11. The van der Waals surface area contributed by atoms with Crippen LogP contribution in [-0.2, 0) is 27.2 Å². The Balaban J connectivity index is 1.31. The second-order valence-corrected chi connectivity index (χ2v) is 7.67. The molecular weight excluding hydrogens is 346 g/mol. The zero-order valence-electron chi connectivity index (χ0n) is 14.9.